The zero-order chi connectivity index (χ0) is 39.4. The van der Waals surface area contributed by atoms with Gasteiger partial charge in [0, 0.05) is 11.1 Å². The normalized spacial score (nSPS) is 11.3. The first kappa shape index (κ1) is 48.3. The maximum absolute atomic E-state index is 12.3. The monoisotopic (exact) mass is 822 g/mol. The Morgan fingerprint density at radius 1 is 0.545 bits per heavy atom. The van der Waals surface area contributed by atoms with E-state index in [1.165, 1.54) is 50.7 Å². The molecule has 55 heavy (non-hydrogen) atoms. The molecule has 4 rings (SSSR count). The van der Waals surface area contributed by atoms with Gasteiger partial charge in [-0.1, -0.05) is 139 Å². The molecule has 0 amide bonds. The van der Waals surface area contributed by atoms with Crippen LogP contribution in [0.1, 0.15) is 115 Å². The average Bonchev–Trinajstić information content (AvgIpc) is 3.13. The van der Waals surface area contributed by atoms with Crippen molar-refractivity contribution in [3.63, 3.8) is 0 Å². The van der Waals surface area contributed by atoms with Gasteiger partial charge >= 0.3 is 37.7 Å². The molecule has 0 radical (unpaired) electrons. The number of rotatable bonds is 22. The molecule has 296 valence electrons. The molecule has 0 fully saturated rings. The van der Waals surface area contributed by atoms with Crippen molar-refractivity contribution in [1.29, 1.82) is 0 Å². The summed E-state index contributed by atoms with van der Waals surface area (Å²) in [5, 5.41) is 22.5. The van der Waals surface area contributed by atoms with E-state index in [1.54, 1.807) is 48.5 Å². The second-order valence-electron chi connectivity index (χ2n) is 13.3. The number of hydrogen-bond acceptors (Lipinski definition) is 9. The summed E-state index contributed by atoms with van der Waals surface area (Å²) < 4.78 is 79.6. The molecule has 13 heteroatoms. The maximum Gasteiger partial charge on any atom is 2.00 e. The van der Waals surface area contributed by atoms with Crippen LogP contribution in [0.25, 0.3) is 0 Å². The van der Waals surface area contributed by atoms with Crippen molar-refractivity contribution < 1.29 is 45.6 Å². The second kappa shape index (κ2) is 25.4. The van der Waals surface area contributed by atoms with Gasteiger partial charge in [-0.3, -0.25) is 4.55 Å². The van der Waals surface area contributed by atoms with Crippen molar-refractivity contribution >= 4 is 58.0 Å². The first-order chi connectivity index (χ1) is 25.9. The minimum Gasteiger partial charge on any atom is -0.870 e. The minimum absolute atomic E-state index is 0. The summed E-state index contributed by atoms with van der Waals surface area (Å²) in [5.41, 5.74) is 0.504. The molecule has 0 bridgehead atoms. The zero-order valence-corrected chi connectivity index (χ0v) is 35.9. The summed E-state index contributed by atoms with van der Waals surface area (Å²) in [4.78, 5) is -0.573. The largest absolute Gasteiger partial charge is 2.00 e. The number of hydrogen-bond donors (Lipinski definition) is 2. The van der Waals surface area contributed by atoms with Crippen molar-refractivity contribution in [1.82, 2.24) is 0 Å². The maximum atomic E-state index is 12.3. The van der Waals surface area contributed by atoms with Gasteiger partial charge in [0.2, 0.25) is 0 Å². The molecular weight excluding hydrogens is 769 g/mol. The molecule has 0 saturated carbocycles. The van der Waals surface area contributed by atoms with Crippen LogP contribution in [0.3, 0.4) is 0 Å². The van der Waals surface area contributed by atoms with Gasteiger partial charge in [-0.25, -0.2) is 8.42 Å². The predicted molar refractivity (Wildman–Crippen MR) is 214 cm³/mol. The number of phenolic OH excluding ortho intramolecular Hbond substituents is 1. The molecule has 0 aliphatic heterocycles. The summed E-state index contributed by atoms with van der Waals surface area (Å²) in [6.07, 6.45) is 15.7. The molecule has 0 saturated heterocycles. The molecule has 10 nitrogen and oxygen atoms in total. The van der Waals surface area contributed by atoms with Crippen LogP contribution in [0.15, 0.2) is 94.7 Å². The van der Waals surface area contributed by atoms with Crippen molar-refractivity contribution in [2.45, 2.75) is 126 Å². The molecule has 0 aromatic heterocycles. The number of aromatic hydroxyl groups is 1. The number of unbranched alkanes of at least 4 members (excludes halogenated alkanes) is 12. The molecule has 0 heterocycles. The molecule has 0 unspecified atom stereocenters. The molecule has 4 aromatic rings. The third kappa shape index (κ3) is 17.0. The Bertz CT molecular complexity index is 1780. The Morgan fingerprint density at radius 2 is 0.945 bits per heavy atom. The van der Waals surface area contributed by atoms with E-state index in [2.05, 4.69) is 13.8 Å². The Kier molecular flexibility index (Phi) is 22.3. The number of para-hydroxylation sites is 2. The van der Waals surface area contributed by atoms with Gasteiger partial charge in [-0.2, -0.15) is 8.42 Å². The summed E-state index contributed by atoms with van der Waals surface area (Å²) in [5.74, 6) is 0.358. The van der Waals surface area contributed by atoms with E-state index >= 15 is 0 Å². The molecule has 0 spiro atoms. The average molecular weight is 823 g/mol. The van der Waals surface area contributed by atoms with Gasteiger partial charge < -0.3 is 24.2 Å². The summed E-state index contributed by atoms with van der Waals surface area (Å²) in [6, 6.07) is 22.1. The molecule has 0 aliphatic rings. The SMILES string of the molecule is CCCCCCCCCc1c(S(=O)(=O)O)ccc(O)c1Oc1ccccc1.CCCCCCCCCc1c(S(=O)(=O)[O-])ccc([O-])c1Oc1ccccc1.[Ca+2]. The summed E-state index contributed by atoms with van der Waals surface area (Å²) >= 11 is 0. The van der Waals surface area contributed by atoms with E-state index in [4.69, 9.17) is 9.47 Å². The summed E-state index contributed by atoms with van der Waals surface area (Å²) in [6.45, 7) is 4.34. The first-order valence-corrected chi connectivity index (χ1v) is 21.8. The Hall–Kier alpha value is -2.84. The van der Waals surface area contributed by atoms with Crippen LogP contribution in [0.2, 0.25) is 0 Å². The fourth-order valence-corrected chi connectivity index (χ4v) is 7.57. The van der Waals surface area contributed by atoms with Crippen LogP contribution in [0.5, 0.6) is 34.5 Å². The van der Waals surface area contributed by atoms with Crippen molar-refractivity contribution in [2.75, 3.05) is 0 Å². The van der Waals surface area contributed by atoms with Gasteiger partial charge in [-0.05, 0) is 68.1 Å². The van der Waals surface area contributed by atoms with Gasteiger partial charge in [-0.15, -0.1) is 0 Å². The number of benzene rings is 4. The molecule has 0 aliphatic carbocycles. The standard InChI is InChI=1S/2C21H28O5S.Ca/c2*1-2-3-4-5-6-7-11-14-18-20(27(23,24)25)16-15-19(22)21(18)26-17-12-9-8-10-13-17;/h2*8-10,12-13,15-16,22H,2-7,11,14H2,1H3,(H,23,24,25);/q;;+2/p-2. The van der Waals surface area contributed by atoms with E-state index in [1.807, 2.05) is 12.1 Å². The first-order valence-electron chi connectivity index (χ1n) is 18.9. The molecular formula is C42H54CaO10S2. The van der Waals surface area contributed by atoms with Gasteiger partial charge in [0.15, 0.2) is 11.5 Å². The zero-order valence-electron chi connectivity index (χ0n) is 32.1. The van der Waals surface area contributed by atoms with Crippen LogP contribution < -0.4 is 14.6 Å². The minimum atomic E-state index is -4.69. The van der Waals surface area contributed by atoms with Crippen LogP contribution in [0, 0.1) is 0 Å². The van der Waals surface area contributed by atoms with E-state index in [0.29, 0.717) is 36.3 Å². The van der Waals surface area contributed by atoms with Crippen LogP contribution in [0.4, 0.5) is 0 Å². The van der Waals surface area contributed by atoms with Crippen molar-refractivity contribution in [3.8, 4) is 34.5 Å². The van der Waals surface area contributed by atoms with E-state index < -0.39 is 26.0 Å². The van der Waals surface area contributed by atoms with E-state index in [-0.39, 0.29) is 70.3 Å². The van der Waals surface area contributed by atoms with E-state index in [0.717, 1.165) is 57.1 Å². The third-order valence-corrected chi connectivity index (χ3v) is 10.8. The van der Waals surface area contributed by atoms with Crippen molar-refractivity contribution in [3.05, 3.63) is 96.1 Å². The van der Waals surface area contributed by atoms with Gasteiger partial charge in [0.1, 0.15) is 32.3 Å². The van der Waals surface area contributed by atoms with E-state index in [9.17, 15) is 36.2 Å². The predicted octanol–water partition coefficient (Wildman–Crippen LogP) is 10.1. The smallest absolute Gasteiger partial charge is 0.870 e. The van der Waals surface area contributed by atoms with Gasteiger partial charge in [0.25, 0.3) is 10.1 Å². The molecule has 0 atom stereocenters. The quantitative estimate of drug-likeness (QED) is 0.0441. The Labute approximate surface area is 357 Å². The molecule has 4 aromatic carbocycles. The van der Waals surface area contributed by atoms with Crippen molar-refractivity contribution in [2.24, 2.45) is 0 Å². The van der Waals surface area contributed by atoms with Crippen LogP contribution in [-0.4, -0.2) is 68.8 Å². The Morgan fingerprint density at radius 3 is 1.38 bits per heavy atom. The molecule has 2 N–H and O–H groups in total. The number of phenols is 1. The fourth-order valence-electron chi connectivity index (χ4n) is 6.09. The van der Waals surface area contributed by atoms with Crippen LogP contribution >= 0.6 is 0 Å². The number of ether oxygens (including phenoxy) is 2. The Balaban J connectivity index is 0.000000373. The topological polar surface area (TPSA) is 173 Å². The van der Waals surface area contributed by atoms with Gasteiger partial charge in [0.05, 0.1) is 4.90 Å². The van der Waals surface area contributed by atoms with Crippen LogP contribution in [-0.2, 0) is 33.1 Å². The third-order valence-electron chi connectivity index (χ3n) is 8.91. The second-order valence-corrected chi connectivity index (χ2v) is 16.0. The fraction of sp³-hybridized carbons (Fsp3) is 0.429. The summed E-state index contributed by atoms with van der Waals surface area (Å²) in [7, 11) is -9.10.